The summed E-state index contributed by atoms with van der Waals surface area (Å²) >= 11 is 1.42. The SMILES string of the molecule is CC(NC(=O)CCSCCC(=O)NC(C)c1ccc(F)c(F)c1)c1ccc(F)c(F)c1. The third-order valence-corrected chi connectivity index (χ3v) is 5.57. The van der Waals surface area contributed by atoms with Gasteiger partial charge in [0.1, 0.15) is 0 Å². The Morgan fingerprint density at radius 2 is 1.13 bits per heavy atom. The van der Waals surface area contributed by atoms with Crippen LogP contribution in [0.1, 0.15) is 49.9 Å². The minimum atomic E-state index is -0.966. The van der Waals surface area contributed by atoms with Crippen LogP contribution in [0.3, 0.4) is 0 Å². The lowest BCUT2D eigenvalue weighted by Crippen LogP contribution is -2.27. The van der Waals surface area contributed by atoms with Crippen molar-refractivity contribution in [2.45, 2.75) is 38.8 Å². The fourth-order valence-electron chi connectivity index (χ4n) is 2.79. The van der Waals surface area contributed by atoms with E-state index in [1.165, 1.54) is 23.9 Å². The summed E-state index contributed by atoms with van der Waals surface area (Å²) in [6.45, 7) is 3.35. The summed E-state index contributed by atoms with van der Waals surface area (Å²) in [5.74, 6) is -3.31. The number of thioether (sulfide) groups is 1. The lowest BCUT2D eigenvalue weighted by molar-refractivity contribution is -0.122. The Kier molecular flexibility index (Phi) is 9.36. The molecule has 0 fully saturated rings. The Hall–Kier alpha value is -2.55. The van der Waals surface area contributed by atoms with Gasteiger partial charge in [-0.05, 0) is 49.2 Å². The van der Waals surface area contributed by atoms with E-state index in [-0.39, 0.29) is 24.7 Å². The van der Waals surface area contributed by atoms with Crippen LogP contribution in [-0.2, 0) is 9.59 Å². The summed E-state index contributed by atoms with van der Waals surface area (Å²) in [5, 5.41) is 5.43. The lowest BCUT2D eigenvalue weighted by Gasteiger charge is -2.15. The molecule has 2 aromatic carbocycles. The van der Waals surface area contributed by atoms with Crippen molar-refractivity contribution in [1.82, 2.24) is 10.6 Å². The molecule has 0 aliphatic carbocycles. The smallest absolute Gasteiger partial charge is 0.221 e. The first-order valence-corrected chi connectivity index (χ1v) is 10.9. The van der Waals surface area contributed by atoms with Crippen molar-refractivity contribution in [3.05, 3.63) is 70.8 Å². The lowest BCUT2D eigenvalue weighted by atomic mass is 10.1. The van der Waals surface area contributed by atoms with E-state index in [9.17, 15) is 27.2 Å². The zero-order chi connectivity index (χ0) is 23.0. The van der Waals surface area contributed by atoms with Crippen molar-refractivity contribution in [1.29, 1.82) is 0 Å². The third-order valence-electron chi connectivity index (χ3n) is 4.59. The van der Waals surface area contributed by atoms with Crippen molar-refractivity contribution >= 4 is 23.6 Å². The van der Waals surface area contributed by atoms with Crippen LogP contribution < -0.4 is 10.6 Å². The molecule has 2 aromatic rings. The van der Waals surface area contributed by atoms with E-state index in [0.29, 0.717) is 22.6 Å². The van der Waals surface area contributed by atoms with Gasteiger partial charge in [0.05, 0.1) is 12.1 Å². The molecule has 9 heteroatoms. The molecule has 2 atom stereocenters. The van der Waals surface area contributed by atoms with E-state index in [1.54, 1.807) is 13.8 Å². The molecule has 0 aliphatic heterocycles. The first-order valence-electron chi connectivity index (χ1n) is 9.73. The van der Waals surface area contributed by atoms with E-state index in [0.717, 1.165) is 24.3 Å². The third kappa shape index (κ3) is 7.90. The second-order valence-corrected chi connectivity index (χ2v) is 8.26. The van der Waals surface area contributed by atoms with Gasteiger partial charge in [-0.25, -0.2) is 17.6 Å². The molecule has 2 rings (SSSR count). The molecule has 2 amide bonds. The first-order chi connectivity index (χ1) is 14.7. The predicted molar refractivity (Wildman–Crippen MR) is 112 cm³/mol. The van der Waals surface area contributed by atoms with Crippen molar-refractivity contribution in [3.63, 3.8) is 0 Å². The number of nitrogens with one attached hydrogen (secondary N) is 2. The van der Waals surface area contributed by atoms with Crippen molar-refractivity contribution < 1.29 is 27.2 Å². The average Bonchev–Trinajstić information content (AvgIpc) is 2.71. The van der Waals surface area contributed by atoms with Gasteiger partial charge < -0.3 is 10.6 Å². The summed E-state index contributed by atoms with van der Waals surface area (Å²) in [4.78, 5) is 24.0. The maximum absolute atomic E-state index is 13.3. The normalized spacial score (nSPS) is 12.8. The number of amides is 2. The van der Waals surface area contributed by atoms with Crippen LogP contribution in [0.15, 0.2) is 36.4 Å². The molecule has 2 unspecified atom stereocenters. The second-order valence-electron chi connectivity index (χ2n) is 7.04. The van der Waals surface area contributed by atoms with E-state index >= 15 is 0 Å². The molecular weight excluding hydrogens is 432 g/mol. The standard InChI is InChI=1S/C22H24F4N2O2S/c1-13(15-3-5-17(23)19(25)11-15)27-21(29)7-9-31-10-8-22(30)28-14(2)16-4-6-18(24)20(26)12-16/h3-6,11-14H,7-10H2,1-2H3,(H,27,29)(H,28,30). The van der Waals surface area contributed by atoms with Gasteiger partial charge in [-0.2, -0.15) is 11.8 Å². The van der Waals surface area contributed by atoms with Gasteiger partial charge in [0.2, 0.25) is 11.8 Å². The summed E-state index contributed by atoms with van der Waals surface area (Å²) in [6, 6.07) is 6.04. The summed E-state index contributed by atoms with van der Waals surface area (Å²) in [7, 11) is 0. The molecule has 0 aromatic heterocycles. The van der Waals surface area contributed by atoms with Gasteiger partial charge in [0.15, 0.2) is 23.3 Å². The monoisotopic (exact) mass is 456 g/mol. The molecule has 0 aliphatic rings. The molecule has 0 bridgehead atoms. The van der Waals surface area contributed by atoms with Crippen LogP contribution >= 0.6 is 11.8 Å². The molecule has 168 valence electrons. The first kappa shape index (κ1) is 24.7. The van der Waals surface area contributed by atoms with E-state index in [2.05, 4.69) is 10.6 Å². The maximum Gasteiger partial charge on any atom is 0.221 e. The van der Waals surface area contributed by atoms with Gasteiger partial charge >= 0.3 is 0 Å². The van der Waals surface area contributed by atoms with Crippen molar-refractivity contribution in [3.8, 4) is 0 Å². The van der Waals surface area contributed by atoms with Crippen molar-refractivity contribution in [2.75, 3.05) is 11.5 Å². The van der Waals surface area contributed by atoms with Crippen molar-refractivity contribution in [2.24, 2.45) is 0 Å². The van der Waals surface area contributed by atoms with Crippen LogP contribution in [-0.4, -0.2) is 23.3 Å². The van der Waals surface area contributed by atoms with Crippen LogP contribution in [0.2, 0.25) is 0 Å². The van der Waals surface area contributed by atoms with E-state index in [4.69, 9.17) is 0 Å². The highest BCUT2D eigenvalue weighted by atomic mass is 32.2. The van der Waals surface area contributed by atoms with Gasteiger partial charge in [-0.15, -0.1) is 0 Å². The Bertz CT molecular complexity index is 853. The minimum Gasteiger partial charge on any atom is -0.350 e. The number of halogens is 4. The van der Waals surface area contributed by atoms with Crippen LogP contribution in [0, 0.1) is 23.3 Å². The molecule has 0 saturated carbocycles. The van der Waals surface area contributed by atoms with Gasteiger partial charge in [0, 0.05) is 24.3 Å². The van der Waals surface area contributed by atoms with Gasteiger partial charge in [-0.1, -0.05) is 12.1 Å². The zero-order valence-corrected chi connectivity index (χ0v) is 18.0. The molecule has 0 spiro atoms. The van der Waals surface area contributed by atoms with Gasteiger partial charge in [0.25, 0.3) is 0 Å². The highest BCUT2D eigenvalue weighted by Gasteiger charge is 2.14. The molecule has 2 N–H and O–H groups in total. The summed E-state index contributed by atoms with van der Waals surface area (Å²) in [6.07, 6.45) is 0.428. The van der Waals surface area contributed by atoms with Gasteiger partial charge in [-0.3, -0.25) is 9.59 Å². The predicted octanol–water partition coefficient (Wildman–Crippen LogP) is 4.81. The zero-order valence-electron chi connectivity index (χ0n) is 17.2. The second kappa shape index (κ2) is 11.7. The number of carbonyl (C=O) groups excluding carboxylic acids is 2. The quantitative estimate of drug-likeness (QED) is 0.399. The molecule has 0 heterocycles. The topological polar surface area (TPSA) is 58.2 Å². The number of hydrogen-bond acceptors (Lipinski definition) is 3. The Labute approximate surface area is 182 Å². The molecule has 0 saturated heterocycles. The highest BCUT2D eigenvalue weighted by molar-refractivity contribution is 7.99. The number of hydrogen-bond donors (Lipinski definition) is 2. The molecule has 31 heavy (non-hydrogen) atoms. The van der Waals surface area contributed by atoms with Crippen LogP contribution in [0.5, 0.6) is 0 Å². The average molecular weight is 457 g/mol. The number of rotatable bonds is 10. The molecule has 0 radical (unpaired) electrons. The Morgan fingerprint density at radius 3 is 1.48 bits per heavy atom. The number of carbonyl (C=O) groups is 2. The van der Waals surface area contributed by atoms with E-state index < -0.39 is 35.4 Å². The van der Waals surface area contributed by atoms with Crippen LogP contribution in [0.25, 0.3) is 0 Å². The maximum atomic E-state index is 13.3. The number of benzene rings is 2. The minimum absolute atomic E-state index is 0.214. The fourth-order valence-corrected chi connectivity index (χ4v) is 3.65. The summed E-state index contributed by atoms with van der Waals surface area (Å²) < 4.78 is 52.5. The Morgan fingerprint density at radius 1 is 0.742 bits per heavy atom. The van der Waals surface area contributed by atoms with E-state index in [1.807, 2.05) is 0 Å². The summed E-state index contributed by atoms with van der Waals surface area (Å²) in [5.41, 5.74) is 0.929. The highest BCUT2D eigenvalue weighted by Crippen LogP contribution is 2.17. The fraction of sp³-hybridized carbons (Fsp3) is 0.364. The van der Waals surface area contributed by atoms with Crippen LogP contribution in [0.4, 0.5) is 17.6 Å². The largest absolute Gasteiger partial charge is 0.350 e. The molecular formula is C22H24F4N2O2S. The molecule has 4 nitrogen and oxygen atoms in total. The Balaban J connectivity index is 1.64.